The summed E-state index contributed by atoms with van der Waals surface area (Å²) in [4.78, 5) is 46.7. The van der Waals surface area contributed by atoms with Gasteiger partial charge in [0.15, 0.2) is 11.6 Å². The van der Waals surface area contributed by atoms with Gasteiger partial charge in [0.05, 0.1) is 6.54 Å². The molecule has 10 nitrogen and oxygen atoms in total. The molecule has 0 aliphatic carbocycles. The average Bonchev–Trinajstić information content (AvgIpc) is 3.37. The number of piperidine rings is 1. The van der Waals surface area contributed by atoms with Crippen LogP contribution in [0.25, 0.3) is 0 Å². The van der Waals surface area contributed by atoms with Crippen LogP contribution < -0.4 is 20.3 Å². The number of urea groups is 2. The van der Waals surface area contributed by atoms with Crippen LogP contribution in [0.15, 0.2) is 60.8 Å². The first kappa shape index (κ1) is 28.0. The number of benzene rings is 2. The highest BCUT2D eigenvalue weighted by atomic mass is 19.1. The number of likely N-dealkylation sites (tertiary alicyclic amines) is 1. The molecule has 2 N–H and O–H groups in total. The van der Waals surface area contributed by atoms with E-state index >= 15 is 0 Å². The van der Waals surface area contributed by atoms with E-state index in [9.17, 15) is 23.2 Å². The third kappa shape index (κ3) is 6.95. The van der Waals surface area contributed by atoms with Crippen molar-refractivity contribution in [3.8, 4) is 11.5 Å². The Kier molecular flexibility index (Phi) is 8.68. The van der Waals surface area contributed by atoms with E-state index in [1.807, 2.05) is 0 Å². The lowest BCUT2D eigenvalue weighted by Gasteiger charge is -2.26. The number of hydrogen-bond donors (Lipinski definition) is 2. The van der Waals surface area contributed by atoms with E-state index in [4.69, 9.17) is 4.74 Å². The molecule has 0 bridgehead atoms. The molecule has 0 unspecified atom stereocenters. The summed E-state index contributed by atoms with van der Waals surface area (Å²) < 4.78 is 33.7. The van der Waals surface area contributed by atoms with E-state index in [0.717, 1.165) is 30.6 Å². The molecule has 3 aromatic rings. The third-order valence-corrected chi connectivity index (χ3v) is 6.93. The van der Waals surface area contributed by atoms with Gasteiger partial charge in [0, 0.05) is 49.3 Å². The van der Waals surface area contributed by atoms with Crippen molar-refractivity contribution in [1.29, 1.82) is 0 Å². The van der Waals surface area contributed by atoms with E-state index in [1.54, 1.807) is 0 Å². The second kappa shape index (κ2) is 12.7. The van der Waals surface area contributed by atoms with Crippen molar-refractivity contribution in [2.24, 2.45) is 0 Å². The van der Waals surface area contributed by atoms with E-state index in [1.165, 1.54) is 78.9 Å². The number of aromatic nitrogens is 1. The maximum absolute atomic E-state index is 14.9. The molecule has 3 heterocycles. The first-order valence-corrected chi connectivity index (χ1v) is 13.5. The average molecular weight is 565 g/mol. The van der Waals surface area contributed by atoms with Crippen molar-refractivity contribution in [2.75, 3.05) is 49.5 Å². The Labute approximate surface area is 235 Å². The predicted octanol–water partition coefficient (Wildman–Crippen LogP) is 4.84. The highest BCUT2D eigenvalue weighted by Crippen LogP contribution is 2.28. The number of nitrogens with one attached hydrogen (secondary N) is 2. The lowest BCUT2D eigenvalue weighted by atomic mass is 10.1. The van der Waals surface area contributed by atoms with Gasteiger partial charge in [-0.05, 0) is 68.4 Å². The number of halogens is 2. The smallest absolute Gasteiger partial charge is 0.332 e. The molecule has 5 amide bonds. The van der Waals surface area contributed by atoms with E-state index in [2.05, 4.69) is 20.5 Å². The van der Waals surface area contributed by atoms with Crippen molar-refractivity contribution < 1.29 is 27.9 Å². The summed E-state index contributed by atoms with van der Waals surface area (Å²) in [6.45, 7) is 3.70. The van der Waals surface area contributed by atoms with Gasteiger partial charge in [0.25, 0.3) is 5.91 Å². The molecule has 41 heavy (non-hydrogen) atoms. The molecule has 214 valence electrons. The van der Waals surface area contributed by atoms with Gasteiger partial charge in [0.1, 0.15) is 17.3 Å². The number of hydrogen-bond acceptors (Lipinski definition) is 6. The molecule has 1 aromatic heterocycles. The van der Waals surface area contributed by atoms with Crippen LogP contribution in [-0.4, -0.2) is 72.0 Å². The van der Waals surface area contributed by atoms with Gasteiger partial charge in [-0.2, -0.15) is 0 Å². The number of carbonyl (C=O) groups is 3. The molecule has 2 aliphatic rings. The zero-order valence-electron chi connectivity index (χ0n) is 22.3. The van der Waals surface area contributed by atoms with Gasteiger partial charge in [-0.3, -0.25) is 14.7 Å². The predicted molar refractivity (Wildman–Crippen MR) is 148 cm³/mol. The summed E-state index contributed by atoms with van der Waals surface area (Å²) in [7, 11) is 0. The quantitative estimate of drug-likeness (QED) is 0.406. The van der Waals surface area contributed by atoms with Crippen LogP contribution in [0.1, 0.15) is 29.8 Å². The van der Waals surface area contributed by atoms with Gasteiger partial charge in [-0.1, -0.05) is 6.42 Å². The topological polar surface area (TPSA) is 107 Å². The molecule has 2 saturated heterocycles. The molecule has 0 spiro atoms. The van der Waals surface area contributed by atoms with Crippen LogP contribution in [-0.2, 0) is 0 Å². The van der Waals surface area contributed by atoms with E-state index in [0.29, 0.717) is 12.2 Å². The van der Waals surface area contributed by atoms with Crippen molar-refractivity contribution >= 4 is 29.3 Å². The largest absolute Gasteiger partial charge is 0.454 e. The first-order valence-electron chi connectivity index (χ1n) is 13.5. The van der Waals surface area contributed by atoms with E-state index < -0.39 is 23.7 Å². The molecule has 0 atom stereocenters. The van der Waals surface area contributed by atoms with Crippen molar-refractivity contribution in [2.45, 2.75) is 19.3 Å². The molecular weight excluding hydrogens is 534 g/mol. The van der Waals surface area contributed by atoms with E-state index in [-0.39, 0.29) is 41.9 Å². The minimum absolute atomic E-state index is 0.113. The highest BCUT2D eigenvalue weighted by Gasteiger charge is 2.34. The number of amides is 5. The number of pyridine rings is 1. The molecular formula is C29H30F2N6O4. The van der Waals surface area contributed by atoms with Gasteiger partial charge in [-0.15, -0.1) is 0 Å². The fourth-order valence-electron chi connectivity index (χ4n) is 4.77. The Morgan fingerprint density at radius 2 is 1.71 bits per heavy atom. The molecule has 12 heteroatoms. The van der Waals surface area contributed by atoms with Crippen LogP contribution in [0, 0.1) is 11.6 Å². The summed E-state index contributed by atoms with van der Waals surface area (Å²) in [6.07, 6.45) is 5.00. The Bertz CT molecular complexity index is 1410. The molecule has 5 rings (SSSR count). The zero-order valence-corrected chi connectivity index (χ0v) is 22.3. The molecule has 0 saturated carbocycles. The standard InChI is InChI=1S/C29H30F2N6O4/c30-20-4-7-22(8-5-20)36-16-17-37(29(36)40)28(39)34-21-6-9-26(24(31)18-21)41-23-10-11-32-25(19-23)27(38)33-12-15-35-13-2-1-3-14-35/h4-11,18-19H,1-3,12-17H2,(H,33,38)(H,34,39). The number of ether oxygens (including phenoxy) is 1. The summed E-state index contributed by atoms with van der Waals surface area (Å²) >= 11 is 0. The maximum Gasteiger partial charge on any atom is 0.332 e. The molecule has 0 radical (unpaired) electrons. The SMILES string of the molecule is O=C(NCCN1CCCCC1)c1cc(Oc2ccc(NC(=O)N3CCN(c4ccc(F)cc4)C3=O)cc2F)ccn1. The Morgan fingerprint density at radius 3 is 2.46 bits per heavy atom. The van der Waals surface area contributed by atoms with Crippen LogP contribution in [0.3, 0.4) is 0 Å². The normalized spacial score (nSPS) is 15.6. The summed E-state index contributed by atoms with van der Waals surface area (Å²) in [5.41, 5.74) is 0.736. The minimum atomic E-state index is -0.757. The number of imide groups is 1. The monoisotopic (exact) mass is 564 g/mol. The van der Waals surface area contributed by atoms with Gasteiger partial charge < -0.3 is 20.3 Å². The summed E-state index contributed by atoms with van der Waals surface area (Å²) in [5.74, 6) is -1.43. The van der Waals surface area contributed by atoms with Crippen molar-refractivity contribution in [3.05, 3.63) is 78.1 Å². The molecule has 2 fully saturated rings. The Hall–Kier alpha value is -4.58. The van der Waals surface area contributed by atoms with Crippen LogP contribution in [0.4, 0.5) is 29.7 Å². The zero-order chi connectivity index (χ0) is 28.8. The lowest BCUT2D eigenvalue weighted by Crippen LogP contribution is -2.39. The number of carbonyl (C=O) groups excluding carboxylic acids is 3. The van der Waals surface area contributed by atoms with Gasteiger partial charge in [-0.25, -0.2) is 23.3 Å². The second-order valence-electron chi connectivity index (χ2n) is 9.77. The first-order chi connectivity index (χ1) is 19.9. The number of nitrogens with zero attached hydrogens (tertiary/aromatic N) is 4. The molecule has 2 aliphatic heterocycles. The van der Waals surface area contributed by atoms with Gasteiger partial charge >= 0.3 is 12.1 Å². The number of anilines is 2. The third-order valence-electron chi connectivity index (χ3n) is 6.93. The summed E-state index contributed by atoms with van der Waals surface area (Å²) in [6, 6.07) is 10.9. The lowest BCUT2D eigenvalue weighted by molar-refractivity contribution is 0.0941. The van der Waals surface area contributed by atoms with Crippen LogP contribution >= 0.6 is 0 Å². The second-order valence-corrected chi connectivity index (χ2v) is 9.77. The number of rotatable bonds is 8. The van der Waals surface area contributed by atoms with Crippen molar-refractivity contribution in [3.63, 3.8) is 0 Å². The summed E-state index contributed by atoms with van der Waals surface area (Å²) in [5, 5.41) is 5.37. The molecule has 2 aromatic carbocycles. The Balaban J connectivity index is 1.15. The minimum Gasteiger partial charge on any atom is -0.454 e. The van der Waals surface area contributed by atoms with Gasteiger partial charge in [0.2, 0.25) is 0 Å². The fourth-order valence-corrected chi connectivity index (χ4v) is 4.77. The van der Waals surface area contributed by atoms with Crippen LogP contribution in [0.5, 0.6) is 11.5 Å². The van der Waals surface area contributed by atoms with Crippen molar-refractivity contribution in [1.82, 2.24) is 20.1 Å². The van der Waals surface area contributed by atoms with Crippen LogP contribution in [0.2, 0.25) is 0 Å². The fraction of sp³-hybridized carbons (Fsp3) is 0.310. The highest BCUT2D eigenvalue weighted by molar-refractivity contribution is 6.08. The maximum atomic E-state index is 14.9. The Morgan fingerprint density at radius 1 is 0.927 bits per heavy atom.